The van der Waals surface area contributed by atoms with Gasteiger partial charge in [-0.2, -0.15) is 0 Å². The molecule has 1 aromatic rings. The Labute approximate surface area is 98.7 Å². The number of nitrogens with zero attached hydrogens (tertiary/aromatic N) is 1. The lowest BCUT2D eigenvalue weighted by molar-refractivity contribution is -0.142. The van der Waals surface area contributed by atoms with E-state index in [2.05, 4.69) is 10.3 Å². The van der Waals surface area contributed by atoms with E-state index < -0.39 is 11.4 Å². The summed E-state index contributed by atoms with van der Waals surface area (Å²) >= 11 is 1.49. The molecule has 0 unspecified atom stereocenters. The van der Waals surface area contributed by atoms with Gasteiger partial charge in [0.1, 0.15) is 5.41 Å². The molecule has 1 aliphatic carbocycles. The highest BCUT2D eigenvalue weighted by atomic mass is 32.1. The van der Waals surface area contributed by atoms with E-state index in [-0.39, 0.29) is 0 Å². The number of nitrogens with one attached hydrogen (secondary N) is 1. The summed E-state index contributed by atoms with van der Waals surface area (Å²) in [7, 11) is 0. The van der Waals surface area contributed by atoms with Crippen molar-refractivity contribution in [2.24, 2.45) is 0 Å². The van der Waals surface area contributed by atoms with Crippen molar-refractivity contribution in [3.63, 3.8) is 0 Å². The number of thiazole rings is 1. The van der Waals surface area contributed by atoms with E-state index in [0.29, 0.717) is 11.7 Å². The van der Waals surface area contributed by atoms with Gasteiger partial charge in [-0.15, -0.1) is 11.3 Å². The van der Waals surface area contributed by atoms with Crippen LogP contribution in [0.1, 0.15) is 38.8 Å². The summed E-state index contributed by atoms with van der Waals surface area (Å²) < 4.78 is 0. The van der Waals surface area contributed by atoms with E-state index in [1.165, 1.54) is 30.6 Å². The molecule has 0 aliphatic heterocycles. The van der Waals surface area contributed by atoms with Crippen LogP contribution in [0, 0.1) is 0 Å². The average molecular weight is 240 g/mol. The molecule has 5 heteroatoms. The second kappa shape index (κ2) is 4.05. The Morgan fingerprint density at radius 1 is 1.62 bits per heavy atom. The first-order chi connectivity index (χ1) is 7.50. The molecule has 2 N–H and O–H groups in total. The smallest absolute Gasteiger partial charge is 0.315 e. The van der Waals surface area contributed by atoms with E-state index in [0.717, 1.165) is 5.13 Å². The first-order valence-corrected chi connectivity index (χ1v) is 6.34. The number of aliphatic carboxylic acids is 1. The second-order valence-electron chi connectivity index (χ2n) is 4.74. The lowest BCUT2D eigenvalue weighted by atomic mass is 9.90. The van der Waals surface area contributed by atoms with Gasteiger partial charge in [-0.05, 0) is 33.1 Å². The fourth-order valence-electron chi connectivity index (χ4n) is 1.46. The highest BCUT2D eigenvalue weighted by molar-refractivity contribution is 7.13. The maximum Gasteiger partial charge on any atom is 0.315 e. The first kappa shape index (κ1) is 11.4. The molecule has 0 aromatic carbocycles. The van der Waals surface area contributed by atoms with Gasteiger partial charge in [0.15, 0.2) is 5.13 Å². The van der Waals surface area contributed by atoms with Crippen LogP contribution >= 0.6 is 11.3 Å². The van der Waals surface area contributed by atoms with E-state index in [1.54, 1.807) is 13.8 Å². The number of aromatic nitrogens is 1. The lowest BCUT2D eigenvalue weighted by Gasteiger charge is -2.26. The largest absolute Gasteiger partial charge is 0.481 e. The molecule has 0 saturated heterocycles. The van der Waals surface area contributed by atoms with Crippen molar-refractivity contribution in [1.82, 2.24) is 4.98 Å². The van der Waals surface area contributed by atoms with Gasteiger partial charge in [0.05, 0.1) is 5.69 Å². The maximum absolute atomic E-state index is 11.1. The van der Waals surface area contributed by atoms with Crippen LogP contribution in [0.3, 0.4) is 0 Å². The van der Waals surface area contributed by atoms with Gasteiger partial charge in [0, 0.05) is 11.4 Å². The number of carboxylic acid groups (broad SMARTS) is 1. The zero-order valence-electron chi connectivity index (χ0n) is 9.49. The number of carbonyl (C=O) groups is 1. The molecule has 1 aromatic heterocycles. The molecule has 0 spiro atoms. The first-order valence-electron chi connectivity index (χ1n) is 5.46. The molecule has 16 heavy (non-hydrogen) atoms. The highest BCUT2D eigenvalue weighted by Crippen LogP contribution is 2.30. The van der Waals surface area contributed by atoms with Crippen molar-refractivity contribution in [3.05, 3.63) is 11.1 Å². The molecular weight excluding hydrogens is 224 g/mol. The van der Waals surface area contributed by atoms with Crippen LogP contribution in [0.15, 0.2) is 5.38 Å². The summed E-state index contributed by atoms with van der Waals surface area (Å²) in [5.41, 5.74) is -0.275. The third kappa shape index (κ3) is 2.04. The van der Waals surface area contributed by atoms with E-state index in [9.17, 15) is 4.79 Å². The summed E-state index contributed by atoms with van der Waals surface area (Å²) in [6, 6.07) is 0.534. The maximum atomic E-state index is 11.1. The standard InChI is InChI=1S/C11H16N2O2S/c1-11(2,9(14)15)8-6-16-10(13-8)12-7-4-3-5-7/h6-7H,3-5H2,1-2H3,(H,12,13)(H,14,15). The van der Waals surface area contributed by atoms with Crippen molar-refractivity contribution >= 4 is 22.4 Å². The third-order valence-electron chi connectivity index (χ3n) is 3.11. The molecule has 88 valence electrons. The van der Waals surface area contributed by atoms with Crippen LogP contribution in [0.5, 0.6) is 0 Å². The summed E-state index contributed by atoms with van der Waals surface area (Å²) in [5, 5.41) is 15.1. The van der Waals surface area contributed by atoms with E-state index >= 15 is 0 Å². The van der Waals surface area contributed by atoms with Crippen LogP contribution in [0.25, 0.3) is 0 Å². The second-order valence-corrected chi connectivity index (χ2v) is 5.60. The monoisotopic (exact) mass is 240 g/mol. The number of hydrogen-bond acceptors (Lipinski definition) is 4. The van der Waals surface area contributed by atoms with Gasteiger partial charge in [-0.25, -0.2) is 4.98 Å². The molecule has 0 bridgehead atoms. The van der Waals surface area contributed by atoms with Crippen molar-refractivity contribution in [2.45, 2.75) is 44.6 Å². The molecular formula is C11H16N2O2S. The van der Waals surface area contributed by atoms with Gasteiger partial charge < -0.3 is 10.4 Å². The predicted octanol–water partition coefficient (Wildman–Crippen LogP) is 2.47. The SMILES string of the molecule is CC(C)(C(=O)O)c1csc(NC2CCC2)n1. The van der Waals surface area contributed by atoms with E-state index in [1.807, 2.05) is 5.38 Å². The molecule has 1 fully saturated rings. The normalized spacial score (nSPS) is 16.9. The zero-order valence-corrected chi connectivity index (χ0v) is 10.3. The summed E-state index contributed by atoms with van der Waals surface area (Å²) in [5.74, 6) is -0.840. The van der Waals surface area contributed by atoms with Gasteiger partial charge in [0.2, 0.25) is 0 Å². The Balaban J connectivity index is 2.09. The molecule has 2 rings (SSSR count). The Kier molecular flexibility index (Phi) is 2.88. The average Bonchev–Trinajstić information content (AvgIpc) is 2.59. The number of anilines is 1. The molecule has 1 heterocycles. The molecule has 1 saturated carbocycles. The number of hydrogen-bond donors (Lipinski definition) is 2. The molecule has 0 amide bonds. The third-order valence-corrected chi connectivity index (χ3v) is 3.89. The molecule has 4 nitrogen and oxygen atoms in total. The van der Waals surface area contributed by atoms with Crippen molar-refractivity contribution < 1.29 is 9.90 Å². The van der Waals surface area contributed by atoms with Crippen LogP contribution in [0.2, 0.25) is 0 Å². The van der Waals surface area contributed by atoms with Gasteiger partial charge >= 0.3 is 5.97 Å². The molecule has 0 atom stereocenters. The zero-order chi connectivity index (χ0) is 11.8. The summed E-state index contributed by atoms with van der Waals surface area (Å²) in [6.07, 6.45) is 3.66. The molecule has 0 radical (unpaired) electrons. The number of carboxylic acids is 1. The predicted molar refractivity (Wildman–Crippen MR) is 64.0 cm³/mol. The Morgan fingerprint density at radius 2 is 2.31 bits per heavy atom. The lowest BCUT2D eigenvalue weighted by Crippen LogP contribution is -2.29. The van der Waals surface area contributed by atoms with Gasteiger partial charge in [-0.3, -0.25) is 4.79 Å². The molecule has 1 aliphatic rings. The van der Waals surface area contributed by atoms with Crippen molar-refractivity contribution in [3.8, 4) is 0 Å². The Morgan fingerprint density at radius 3 is 2.81 bits per heavy atom. The van der Waals surface area contributed by atoms with Crippen LogP contribution in [0.4, 0.5) is 5.13 Å². The minimum absolute atomic E-state index is 0.534. The van der Waals surface area contributed by atoms with Crippen molar-refractivity contribution in [1.29, 1.82) is 0 Å². The fraction of sp³-hybridized carbons (Fsp3) is 0.636. The fourth-order valence-corrected chi connectivity index (χ4v) is 2.42. The Bertz CT molecular complexity index is 396. The van der Waals surface area contributed by atoms with Crippen LogP contribution < -0.4 is 5.32 Å². The minimum atomic E-state index is -0.907. The summed E-state index contributed by atoms with van der Waals surface area (Å²) in [4.78, 5) is 15.4. The van der Waals surface area contributed by atoms with Crippen molar-refractivity contribution in [2.75, 3.05) is 5.32 Å². The Hall–Kier alpha value is -1.10. The highest BCUT2D eigenvalue weighted by Gasteiger charge is 2.32. The van der Waals surface area contributed by atoms with Crippen LogP contribution in [-0.2, 0) is 10.2 Å². The van der Waals surface area contributed by atoms with Gasteiger partial charge in [0.25, 0.3) is 0 Å². The number of rotatable bonds is 4. The summed E-state index contributed by atoms with van der Waals surface area (Å²) in [6.45, 7) is 3.36. The van der Waals surface area contributed by atoms with Gasteiger partial charge in [-0.1, -0.05) is 0 Å². The van der Waals surface area contributed by atoms with Crippen LogP contribution in [-0.4, -0.2) is 22.1 Å². The van der Waals surface area contributed by atoms with E-state index in [4.69, 9.17) is 5.11 Å². The quantitative estimate of drug-likeness (QED) is 0.848. The topological polar surface area (TPSA) is 62.2 Å². The minimum Gasteiger partial charge on any atom is -0.481 e.